The van der Waals surface area contributed by atoms with E-state index in [0.29, 0.717) is 5.69 Å². The number of nitrogens with zero attached hydrogens (tertiary/aromatic N) is 1. The van der Waals surface area contributed by atoms with Gasteiger partial charge in [-0.1, -0.05) is 0 Å². The van der Waals surface area contributed by atoms with Crippen molar-refractivity contribution in [1.82, 2.24) is 10.3 Å². The molecule has 0 saturated heterocycles. The predicted molar refractivity (Wildman–Crippen MR) is 82.9 cm³/mol. The summed E-state index contributed by atoms with van der Waals surface area (Å²) < 4.78 is 54.1. The van der Waals surface area contributed by atoms with Gasteiger partial charge in [-0.15, -0.1) is 13.2 Å². The van der Waals surface area contributed by atoms with Crippen LogP contribution in [0.3, 0.4) is 0 Å². The maximum Gasteiger partial charge on any atom is 0.573 e. The molecule has 0 radical (unpaired) electrons. The summed E-state index contributed by atoms with van der Waals surface area (Å²) in [6, 6.07) is 5.33. The average molecular weight is 370 g/mol. The molecule has 1 aromatic heterocycles. The van der Waals surface area contributed by atoms with Crippen molar-refractivity contribution in [3.63, 3.8) is 0 Å². The Morgan fingerprint density at radius 2 is 1.92 bits per heavy atom. The Morgan fingerprint density at radius 1 is 1.19 bits per heavy atom. The van der Waals surface area contributed by atoms with Crippen LogP contribution in [0, 0.1) is 5.82 Å². The quantitative estimate of drug-likeness (QED) is 0.793. The number of ether oxygens (including phenoxy) is 1. The second-order valence-electron chi connectivity index (χ2n) is 5.40. The number of hydrogen-bond acceptors (Lipinski definition) is 4. The smallest absolute Gasteiger partial charge is 0.406 e. The van der Waals surface area contributed by atoms with E-state index < -0.39 is 23.8 Å². The zero-order valence-corrected chi connectivity index (χ0v) is 13.6. The van der Waals surface area contributed by atoms with Crippen LogP contribution in [-0.2, 0) is 17.8 Å². The number of rotatable bonds is 6. The van der Waals surface area contributed by atoms with Gasteiger partial charge in [0.2, 0.25) is 0 Å². The summed E-state index contributed by atoms with van der Waals surface area (Å²) in [6.07, 6.45) is -3.49. The highest BCUT2D eigenvalue weighted by atomic mass is 19.4. The molecule has 0 fully saturated rings. The highest BCUT2D eigenvalue weighted by molar-refractivity contribution is 5.94. The predicted octanol–water partition coefficient (Wildman–Crippen LogP) is 3.18. The van der Waals surface area contributed by atoms with E-state index in [1.165, 1.54) is 25.3 Å². The van der Waals surface area contributed by atoms with Gasteiger partial charge in [0, 0.05) is 36.0 Å². The monoisotopic (exact) mass is 370 g/mol. The maximum absolute atomic E-state index is 13.7. The van der Waals surface area contributed by atoms with Gasteiger partial charge in [-0.25, -0.2) is 4.39 Å². The Morgan fingerprint density at radius 3 is 2.58 bits per heavy atom. The van der Waals surface area contributed by atoms with E-state index in [2.05, 4.69) is 15.0 Å². The van der Waals surface area contributed by atoms with E-state index in [1.807, 2.05) is 0 Å². The summed E-state index contributed by atoms with van der Waals surface area (Å²) >= 11 is 0. The number of alkyl halides is 3. The number of aromatic nitrogens is 1. The lowest BCUT2D eigenvalue weighted by Gasteiger charge is -2.11. The lowest BCUT2D eigenvalue weighted by Crippen LogP contribution is -2.24. The van der Waals surface area contributed by atoms with Gasteiger partial charge in [-0.05, 0) is 37.3 Å². The third kappa shape index (κ3) is 5.83. The molecule has 2 rings (SSSR count). The number of pyridine rings is 1. The number of nitrogens with one attached hydrogen (secondary N) is 1. The number of halogens is 4. The Labute approximate surface area is 146 Å². The van der Waals surface area contributed by atoms with E-state index in [1.54, 1.807) is 0 Å². The van der Waals surface area contributed by atoms with Crippen LogP contribution in [0.2, 0.25) is 0 Å². The lowest BCUT2D eigenvalue weighted by atomic mass is 10.1. The van der Waals surface area contributed by atoms with Gasteiger partial charge in [0.15, 0.2) is 0 Å². The summed E-state index contributed by atoms with van der Waals surface area (Å²) in [5.74, 6) is -2.08. The van der Waals surface area contributed by atoms with E-state index in [-0.39, 0.29) is 29.9 Å². The molecule has 2 aromatic rings. The van der Waals surface area contributed by atoms with Gasteiger partial charge >= 0.3 is 6.36 Å². The molecule has 0 spiro atoms. The molecule has 0 aliphatic heterocycles. The minimum absolute atomic E-state index is 0.0621. The fourth-order valence-electron chi connectivity index (χ4n) is 2.13. The molecule has 26 heavy (non-hydrogen) atoms. The Hall–Kier alpha value is -2.97. The first-order valence-corrected chi connectivity index (χ1v) is 7.41. The minimum atomic E-state index is -4.90. The highest BCUT2D eigenvalue weighted by Crippen LogP contribution is 2.24. The van der Waals surface area contributed by atoms with Crippen LogP contribution in [-0.4, -0.2) is 23.0 Å². The first-order chi connectivity index (χ1) is 12.1. The number of carbonyl (C=O) groups excluding carboxylic acids is 2. The topological polar surface area (TPSA) is 68.3 Å². The summed E-state index contributed by atoms with van der Waals surface area (Å²) in [5, 5.41) is 2.40. The number of Topliss-reactive ketones (excluding diaryl/α,β-unsaturated/α-hetero) is 1. The van der Waals surface area contributed by atoms with Gasteiger partial charge < -0.3 is 10.1 Å². The molecule has 1 aromatic carbocycles. The Balaban J connectivity index is 2.07. The lowest BCUT2D eigenvalue weighted by molar-refractivity contribution is -0.274. The molecule has 0 aliphatic carbocycles. The van der Waals surface area contributed by atoms with Crippen LogP contribution in [0.4, 0.5) is 17.6 Å². The molecule has 0 saturated carbocycles. The van der Waals surface area contributed by atoms with Crippen LogP contribution in [0.5, 0.6) is 5.75 Å². The molecule has 0 bridgehead atoms. The molecule has 138 valence electrons. The molecule has 0 unspecified atom stereocenters. The van der Waals surface area contributed by atoms with Crippen molar-refractivity contribution in [3.8, 4) is 5.75 Å². The van der Waals surface area contributed by atoms with Crippen molar-refractivity contribution in [1.29, 1.82) is 0 Å². The Bertz CT molecular complexity index is 822. The van der Waals surface area contributed by atoms with E-state index in [4.69, 9.17) is 0 Å². The Kier molecular flexibility index (Phi) is 5.91. The van der Waals surface area contributed by atoms with Gasteiger partial charge in [0.1, 0.15) is 17.3 Å². The number of hydrogen-bond donors (Lipinski definition) is 1. The zero-order valence-electron chi connectivity index (χ0n) is 13.6. The number of carbonyl (C=O) groups is 2. The van der Waals surface area contributed by atoms with Crippen LogP contribution in [0.25, 0.3) is 0 Å². The van der Waals surface area contributed by atoms with Crippen LogP contribution in [0.1, 0.15) is 28.5 Å². The number of benzene rings is 1. The summed E-state index contributed by atoms with van der Waals surface area (Å²) in [6.45, 7) is 1.04. The largest absolute Gasteiger partial charge is 0.573 e. The molecule has 5 nitrogen and oxygen atoms in total. The van der Waals surface area contributed by atoms with E-state index in [0.717, 1.165) is 18.2 Å². The number of ketones is 1. The fourth-order valence-corrected chi connectivity index (χ4v) is 2.13. The molecule has 1 heterocycles. The normalized spacial score (nSPS) is 11.1. The molecule has 0 aliphatic rings. The van der Waals surface area contributed by atoms with Crippen molar-refractivity contribution >= 4 is 11.7 Å². The third-order valence-corrected chi connectivity index (χ3v) is 3.20. The van der Waals surface area contributed by atoms with Crippen molar-refractivity contribution in [3.05, 3.63) is 59.2 Å². The molecular formula is C17H14F4N2O3. The second kappa shape index (κ2) is 7.94. The molecule has 0 atom stereocenters. The first-order valence-electron chi connectivity index (χ1n) is 7.41. The number of amides is 1. The van der Waals surface area contributed by atoms with Crippen molar-refractivity contribution in [2.75, 3.05) is 0 Å². The zero-order chi connectivity index (χ0) is 19.3. The average Bonchev–Trinajstić information content (AvgIpc) is 2.53. The van der Waals surface area contributed by atoms with Crippen LogP contribution >= 0.6 is 0 Å². The molecule has 1 N–H and O–H groups in total. The van der Waals surface area contributed by atoms with E-state index >= 15 is 0 Å². The van der Waals surface area contributed by atoms with E-state index in [9.17, 15) is 27.2 Å². The van der Waals surface area contributed by atoms with Gasteiger partial charge in [0.25, 0.3) is 5.91 Å². The van der Waals surface area contributed by atoms with Crippen LogP contribution in [0.15, 0.2) is 36.5 Å². The van der Waals surface area contributed by atoms with Gasteiger partial charge in [0.05, 0.1) is 0 Å². The SMILES string of the molecule is CC(=O)Cc1cc(C(=O)NCc2cc(OC(F)(F)F)ccc2F)ccn1. The third-order valence-electron chi connectivity index (χ3n) is 3.20. The fraction of sp³-hybridized carbons (Fsp3) is 0.235. The molecule has 9 heteroatoms. The van der Waals surface area contributed by atoms with Crippen LogP contribution < -0.4 is 10.1 Å². The summed E-state index contributed by atoms with van der Waals surface area (Å²) in [4.78, 5) is 27.2. The second-order valence-corrected chi connectivity index (χ2v) is 5.40. The standard InChI is InChI=1S/C17H14F4N2O3/c1-10(24)6-13-7-11(4-5-22-13)16(25)23-9-12-8-14(2-3-15(12)18)26-17(19,20)21/h2-5,7-8H,6,9H2,1H3,(H,23,25). The highest BCUT2D eigenvalue weighted by Gasteiger charge is 2.31. The molecule has 1 amide bonds. The maximum atomic E-state index is 13.7. The van der Waals surface area contributed by atoms with Crippen molar-refractivity contribution in [2.24, 2.45) is 0 Å². The summed E-state index contributed by atoms with van der Waals surface area (Å²) in [5.41, 5.74) is 0.425. The van der Waals surface area contributed by atoms with Gasteiger partial charge in [-0.2, -0.15) is 0 Å². The molecular weight excluding hydrogens is 356 g/mol. The summed E-state index contributed by atoms with van der Waals surface area (Å²) in [7, 11) is 0. The van der Waals surface area contributed by atoms with Gasteiger partial charge in [-0.3, -0.25) is 14.6 Å². The van der Waals surface area contributed by atoms with Crippen molar-refractivity contribution < 1.29 is 31.9 Å². The van der Waals surface area contributed by atoms with Crippen molar-refractivity contribution in [2.45, 2.75) is 26.3 Å². The minimum Gasteiger partial charge on any atom is -0.406 e. The first kappa shape index (κ1) is 19.4.